The summed E-state index contributed by atoms with van der Waals surface area (Å²) in [7, 11) is 0. The fraction of sp³-hybridized carbons (Fsp3) is 0.500. The van der Waals surface area contributed by atoms with Crippen LogP contribution in [0.2, 0.25) is 0 Å². The molecule has 1 N–H and O–H groups in total. The van der Waals surface area contributed by atoms with E-state index in [9.17, 15) is 9.59 Å². The van der Waals surface area contributed by atoms with Crippen LogP contribution in [-0.2, 0) is 14.3 Å². The Bertz CT molecular complexity index is 511. The van der Waals surface area contributed by atoms with E-state index in [0.29, 0.717) is 5.75 Å². The van der Waals surface area contributed by atoms with Crippen molar-refractivity contribution in [1.29, 1.82) is 0 Å². The molecule has 0 radical (unpaired) electrons. The molecule has 1 fully saturated rings. The molecule has 1 aliphatic carbocycles. The minimum absolute atomic E-state index is 0.215. The van der Waals surface area contributed by atoms with E-state index in [1.165, 1.54) is 0 Å². The molecule has 1 aliphatic rings. The minimum atomic E-state index is -0.804. The predicted octanol–water partition coefficient (Wildman–Crippen LogP) is 2.82. The Hall–Kier alpha value is -1.56. The molecule has 6 heteroatoms. The van der Waals surface area contributed by atoms with Gasteiger partial charge in [0, 0.05) is 10.5 Å². The lowest BCUT2D eigenvalue weighted by Gasteiger charge is -2.17. The molecule has 120 valence electrons. The second kappa shape index (κ2) is 8.17. The molecular weight excluding hydrogens is 350 g/mol. The van der Waals surface area contributed by atoms with E-state index >= 15 is 0 Å². The summed E-state index contributed by atoms with van der Waals surface area (Å²) in [5.74, 6) is -0.232. The summed E-state index contributed by atoms with van der Waals surface area (Å²) in [6, 6.07) is 7.34. The first-order valence-corrected chi connectivity index (χ1v) is 8.22. The number of rotatable bonds is 6. The van der Waals surface area contributed by atoms with Gasteiger partial charge in [-0.1, -0.05) is 28.8 Å². The molecule has 0 aliphatic heterocycles. The Morgan fingerprint density at radius 2 is 1.91 bits per heavy atom. The number of halogens is 1. The Morgan fingerprint density at radius 3 is 2.55 bits per heavy atom. The first kappa shape index (κ1) is 16.8. The first-order valence-electron chi connectivity index (χ1n) is 7.43. The van der Waals surface area contributed by atoms with Crippen LogP contribution in [0, 0.1) is 0 Å². The van der Waals surface area contributed by atoms with E-state index in [-0.39, 0.29) is 18.6 Å². The monoisotopic (exact) mass is 369 g/mol. The standard InChI is InChI=1S/C16H20BrNO4/c1-11(16(20)18-13-4-2-3-5-13)22-15(19)10-21-14-8-6-12(17)7-9-14/h6-9,11,13H,2-5,10H2,1H3,(H,18,20). The second-order valence-corrected chi connectivity index (χ2v) is 6.28. The highest BCUT2D eigenvalue weighted by Gasteiger charge is 2.23. The molecule has 5 nitrogen and oxygen atoms in total. The highest BCUT2D eigenvalue weighted by Crippen LogP contribution is 2.18. The van der Waals surface area contributed by atoms with Crippen molar-refractivity contribution >= 4 is 27.8 Å². The molecule has 1 unspecified atom stereocenters. The summed E-state index contributed by atoms with van der Waals surface area (Å²) in [6.45, 7) is 1.35. The van der Waals surface area contributed by atoms with Crippen molar-refractivity contribution in [3.05, 3.63) is 28.7 Å². The van der Waals surface area contributed by atoms with Gasteiger partial charge >= 0.3 is 5.97 Å². The first-order chi connectivity index (χ1) is 10.5. The number of nitrogens with one attached hydrogen (secondary N) is 1. The number of benzene rings is 1. The summed E-state index contributed by atoms with van der Waals surface area (Å²) in [6.07, 6.45) is 3.47. The molecular formula is C16H20BrNO4. The van der Waals surface area contributed by atoms with Gasteiger partial charge in [-0.3, -0.25) is 4.79 Å². The topological polar surface area (TPSA) is 64.6 Å². The van der Waals surface area contributed by atoms with Crippen LogP contribution in [0.1, 0.15) is 32.6 Å². The fourth-order valence-corrected chi connectivity index (χ4v) is 2.61. The van der Waals surface area contributed by atoms with Crippen molar-refractivity contribution in [2.45, 2.75) is 44.8 Å². The summed E-state index contributed by atoms with van der Waals surface area (Å²) in [4.78, 5) is 23.6. The van der Waals surface area contributed by atoms with Crippen LogP contribution >= 0.6 is 15.9 Å². The maximum atomic E-state index is 11.9. The molecule has 1 amide bonds. The van der Waals surface area contributed by atoms with Crippen molar-refractivity contribution in [2.75, 3.05) is 6.61 Å². The molecule has 0 saturated heterocycles. The number of hydrogen-bond donors (Lipinski definition) is 1. The van der Waals surface area contributed by atoms with Gasteiger partial charge < -0.3 is 14.8 Å². The lowest BCUT2D eigenvalue weighted by Crippen LogP contribution is -2.41. The number of hydrogen-bond acceptors (Lipinski definition) is 4. The van der Waals surface area contributed by atoms with Gasteiger partial charge in [-0.05, 0) is 44.0 Å². The summed E-state index contributed by atoms with van der Waals surface area (Å²) >= 11 is 3.32. The van der Waals surface area contributed by atoms with Gasteiger partial charge in [0.05, 0.1) is 0 Å². The number of amides is 1. The van der Waals surface area contributed by atoms with Crippen LogP contribution in [0.4, 0.5) is 0 Å². The van der Waals surface area contributed by atoms with E-state index in [2.05, 4.69) is 21.2 Å². The number of ether oxygens (including phenoxy) is 2. The van der Waals surface area contributed by atoms with Crippen molar-refractivity contribution in [3.8, 4) is 5.75 Å². The Balaban J connectivity index is 1.71. The molecule has 2 rings (SSSR count). The van der Waals surface area contributed by atoms with Crippen LogP contribution in [0.3, 0.4) is 0 Å². The van der Waals surface area contributed by atoms with Gasteiger partial charge in [-0.25, -0.2) is 4.79 Å². The smallest absolute Gasteiger partial charge is 0.344 e. The third-order valence-corrected chi connectivity index (χ3v) is 4.08. The van der Waals surface area contributed by atoms with E-state index in [1.807, 2.05) is 12.1 Å². The van der Waals surface area contributed by atoms with E-state index in [1.54, 1.807) is 19.1 Å². The lowest BCUT2D eigenvalue weighted by molar-refractivity contribution is -0.156. The number of carbonyl (C=O) groups excluding carboxylic acids is 2. The number of carbonyl (C=O) groups is 2. The Labute approximate surface area is 138 Å². The SMILES string of the molecule is CC(OC(=O)COc1ccc(Br)cc1)C(=O)NC1CCCC1. The van der Waals surface area contributed by atoms with Gasteiger partial charge in [0.15, 0.2) is 12.7 Å². The van der Waals surface area contributed by atoms with Gasteiger partial charge in [-0.15, -0.1) is 0 Å². The third-order valence-electron chi connectivity index (χ3n) is 3.55. The minimum Gasteiger partial charge on any atom is -0.482 e. The average Bonchev–Trinajstić information content (AvgIpc) is 2.99. The third kappa shape index (κ3) is 5.33. The summed E-state index contributed by atoms with van der Waals surface area (Å²) in [5.41, 5.74) is 0. The van der Waals surface area contributed by atoms with Gasteiger partial charge in [0.2, 0.25) is 0 Å². The van der Waals surface area contributed by atoms with Crippen molar-refractivity contribution < 1.29 is 19.1 Å². The summed E-state index contributed by atoms with van der Waals surface area (Å²) in [5, 5.41) is 2.90. The summed E-state index contributed by atoms with van der Waals surface area (Å²) < 4.78 is 11.3. The Kier molecular flexibility index (Phi) is 6.24. The maximum Gasteiger partial charge on any atom is 0.344 e. The molecule has 22 heavy (non-hydrogen) atoms. The van der Waals surface area contributed by atoms with Crippen LogP contribution in [0.15, 0.2) is 28.7 Å². The van der Waals surface area contributed by atoms with Crippen molar-refractivity contribution in [3.63, 3.8) is 0 Å². The van der Waals surface area contributed by atoms with Crippen LogP contribution in [0.5, 0.6) is 5.75 Å². The Morgan fingerprint density at radius 1 is 1.27 bits per heavy atom. The van der Waals surface area contributed by atoms with Crippen molar-refractivity contribution in [1.82, 2.24) is 5.32 Å². The molecule has 0 aromatic heterocycles. The molecule has 0 heterocycles. The highest BCUT2D eigenvalue weighted by atomic mass is 79.9. The van der Waals surface area contributed by atoms with Crippen molar-refractivity contribution in [2.24, 2.45) is 0 Å². The lowest BCUT2D eigenvalue weighted by atomic mass is 10.2. The van der Waals surface area contributed by atoms with Gasteiger partial charge in [-0.2, -0.15) is 0 Å². The highest BCUT2D eigenvalue weighted by molar-refractivity contribution is 9.10. The van der Waals surface area contributed by atoms with Crippen LogP contribution in [-0.4, -0.2) is 30.6 Å². The van der Waals surface area contributed by atoms with Crippen LogP contribution in [0.25, 0.3) is 0 Å². The molecule has 1 aromatic carbocycles. The zero-order chi connectivity index (χ0) is 15.9. The number of esters is 1. The second-order valence-electron chi connectivity index (χ2n) is 5.36. The zero-order valence-corrected chi connectivity index (χ0v) is 14.1. The fourth-order valence-electron chi connectivity index (χ4n) is 2.35. The largest absolute Gasteiger partial charge is 0.482 e. The molecule has 1 saturated carbocycles. The van der Waals surface area contributed by atoms with E-state index in [4.69, 9.17) is 9.47 Å². The van der Waals surface area contributed by atoms with E-state index < -0.39 is 12.1 Å². The molecule has 0 bridgehead atoms. The average molecular weight is 370 g/mol. The van der Waals surface area contributed by atoms with Gasteiger partial charge in [0.1, 0.15) is 5.75 Å². The predicted molar refractivity (Wildman–Crippen MR) is 85.6 cm³/mol. The van der Waals surface area contributed by atoms with Gasteiger partial charge in [0.25, 0.3) is 5.91 Å². The van der Waals surface area contributed by atoms with E-state index in [0.717, 1.165) is 30.2 Å². The maximum absolute atomic E-state index is 11.9. The quantitative estimate of drug-likeness (QED) is 0.783. The molecule has 1 aromatic rings. The zero-order valence-electron chi connectivity index (χ0n) is 12.5. The van der Waals surface area contributed by atoms with Crippen LogP contribution < -0.4 is 10.1 Å². The molecule has 0 spiro atoms. The normalized spacial score (nSPS) is 16.1. The molecule has 1 atom stereocenters.